The number of ether oxygens (including phenoxy) is 1. The molecule has 0 saturated heterocycles. The number of benzene rings is 2. The number of aromatic nitrogens is 2. The fourth-order valence-corrected chi connectivity index (χ4v) is 2.20. The number of aryl methyl sites for hydroxylation is 1. The Kier molecular flexibility index (Phi) is 4.52. The molecule has 0 fully saturated rings. The molecular formula is C19H16N2O3. The van der Waals surface area contributed by atoms with E-state index in [1.807, 2.05) is 31.2 Å². The quantitative estimate of drug-likeness (QED) is 0.775. The zero-order valence-corrected chi connectivity index (χ0v) is 13.1. The Balaban J connectivity index is 1.63. The van der Waals surface area contributed by atoms with Gasteiger partial charge >= 0.3 is 5.97 Å². The van der Waals surface area contributed by atoms with Crippen molar-refractivity contribution >= 4 is 5.97 Å². The Morgan fingerprint density at radius 1 is 0.958 bits per heavy atom. The molecule has 0 spiro atoms. The van der Waals surface area contributed by atoms with E-state index in [9.17, 15) is 4.79 Å². The first-order valence-corrected chi connectivity index (χ1v) is 7.46. The van der Waals surface area contributed by atoms with Crippen LogP contribution in [0.4, 0.5) is 0 Å². The average Bonchev–Trinajstić information content (AvgIpc) is 2.61. The molecule has 3 aromatic rings. The van der Waals surface area contributed by atoms with Gasteiger partial charge in [0, 0.05) is 18.0 Å². The van der Waals surface area contributed by atoms with Crippen molar-refractivity contribution in [3.63, 3.8) is 0 Å². The van der Waals surface area contributed by atoms with Gasteiger partial charge in [-0.1, -0.05) is 24.3 Å². The Morgan fingerprint density at radius 3 is 2.17 bits per heavy atom. The topological polar surface area (TPSA) is 72.3 Å². The largest absolute Gasteiger partial charge is 0.489 e. The Morgan fingerprint density at radius 2 is 1.58 bits per heavy atom. The van der Waals surface area contributed by atoms with E-state index in [2.05, 4.69) is 9.97 Å². The summed E-state index contributed by atoms with van der Waals surface area (Å²) in [5, 5.41) is 8.88. The number of carbonyl (C=O) groups is 1. The number of rotatable bonds is 5. The minimum Gasteiger partial charge on any atom is -0.489 e. The molecule has 0 unspecified atom stereocenters. The fraction of sp³-hybridized carbons (Fsp3) is 0.105. The molecule has 0 amide bonds. The molecular weight excluding hydrogens is 304 g/mol. The van der Waals surface area contributed by atoms with E-state index < -0.39 is 5.97 Å². The minimum atomic E-state index is -0.932. The summed E-state index contributed by atoms with van der Waals surface area (Å²) < 4.78 is 5.72. The standard InChI is InChI=1S/C19H16N2O3/c1-13-20-10-17(11-21-13)15-6-8-18(9-7-15)24-12-14-2-4-16(5-3-14)19(22)23/h2-11H,12H2,1H3,(H,22,23). The molecule has 1 N–H and O–H groups in total. The van der Waals surface area contributed by atoms with Gasteiger partial charge in [0.2, 0.25) is 0 Å². The highest BCUT2D eigenvalue weighted by molar-refractivity contribution is 5.87. The molecule has 0 bridgehead atoms. The molecule has 2 aromatic carbocycles. The Hall–Kier alpha value is -3.21. The fourth-order valence-electron chi connectivity index (χ4n) is 2.20. The van der Waals surface area contributed by atoms with Crippen LogP contribution in [0.3, 0.4) is 0 Å². The van der Waals surface area contributed by atoms with Crippen LogP contribution in [0.2, 0.25) is 0 Å². The zero-order valence-electron chi connectivity index (χ0n) is 13.1. The third-order valence-corrected chi connectivity index (χ3v) is 3.57. The SMILES string of the molecule is Cc1ncc(-c2ccc(OCc3ccc(C(=O)O)cc3)cc2)cn1. The molecule has 3 rings (SSSR count). The smallest absolute Gasteiger partial charge is 0.335 e. The van der Waals surface area contributed by atoms with Crippen LogP contribution in [0.25, 0.3) is 11.1 Å². The highest BCUT2D eigenvalue weighted by Gasteiger charge is 2.03. The van der Waals surface area contributed by atoms with Crippen LogP contribution in [0.15, 0.2) is 60.9 Å². The molecule has 0 radical (unpaired) electrons. The van der Waals surface area contributed by atoms with Crippen molar-refractivity contribution in [3.8, 4) is 16.9 Å². The second kappa shape index (κ2) is 6.91. The summed E-state index contributed by atoms with van der Waals surface area (Å²) in [6.07, 6.45) is 3.59. The molecule has 1 aromatic heterocycles. The van der Waals surface area contributed by atoms with Crippen LogP contribution < -0.4 is 4.74 Å². The molecule has 0 aliphatic rings. The summed E-state index contributed by atoms with van der Waals surface area (Å²) in [6.45, 7) is 2.23. The summed E-state index contributed by atoms with van der Waals surface area (Å²) in [6, 6.07) is 14.3. The van der Waals surface area contributed by atoms with Crippen molar-refractivity contribution in [1.82, 2.24) is 9.97 Å². The van der Waals surface area contributed by atoms with Crippen molar-refractivity contribution in [2.45, 2.75) is 13.5 Å². The summed E-state index contributed by atoms with van der Waals surface area (Å²) in [5.74, 6) is 0.555. The minimum absolute atomic E-state index is 0.267. The van der Waals surface area contributed by atoms with E-state index in [-0.39, 0.29) is 5.56 Å². The van der Waals surface area contributed by atoms with E-state index in [0.717, 1.165) is 28.3 Å². The highest BCUT2D eigenvalue weighted by Crippen LogP contribution is 2.22. The molecule has 5 heteroatoms. The van der Waals surface area contributed by atoms with Gasteiger partial charge in [-0.2, -0.15) is 0 Å². The van der Waals surface area contributed by atoms with E-state index in [1.54, 1.807) is 36.7 Å². The molecule has 24 heavy (non-hydrogen) atoms. The van der Waals surface area contributed by atoms with Crippen LogP contribution in [-0.2, 0) is 6.61 Å². The van der Waals surface area contributed by atoms with Crippen LogP contribution in [0, 0.1) is 6.92 Å². The zero-order chi connectivity index (χ0) is 16.9. The van der Waals surface area contributed by atoms with Crippen LogP contribution in [0.5, 0.6) is 5.75 Å². The maximum absolute atomic E-state index is 10.8. The van der Waals surface area contributed by atoms with Crippen LogP contribution >= 0.6 is 0 Å². The average molecular weight is 320 g/mol. The van der Waals surface area contributed by atoms with Crippen molar-refractivity contribution in [2.24, 2.45) is 0 Å². The maximum atomic E-state index is 10.8. The van der Waals surface area contributed by atoms with Gasteiger partial charge < -0.3 is 9.84 Å². The number of hydrogen-bond donors (Lipinski definition) is 1. The lowest BCUT2D eigenvalue weighted by atomic mass is 10.1. The summed E-state index contributed by atoms with van der Waals surface area (Å²) in [4.78, 5) is 19.2. The lowest BCUT2D eigenvalue weighted by molar-refractivity contribution is 0.0697. The maximum Gasteiger partial charge on any atom is 0.335 e. The van der Waals surface area contributed by atoms with Gasteiger partial charge in [-0.15, -0.1) is 0 Å². The number of aromatic carboxylic acids is 1. The van der Waals surface area contributed by atoms with Gasteiger partial charge in [-0.25, -0.2) is 14.8 Å². The lowest BCUT2D eigenvalue weighted by Crippen LogP contribution is -1.98. The lowest BCUT2D eigenvalue weighted by Gasteiger charge is -2.08. The Labute approximate surface area is 139 Å². The second-order valence-corrected chi connectivity index (χ2v) is 5.33. The van der Waals surface area contributed by atoms with Crippen LogP contribution in [0.1, 0.15) is 21.7 Å². The van der Waals surface area contributed by atoms with Gasteiger partial charge in [-0.3, -0.25) is 0 Å². The van der Waals surface area contributed by atoms with Crippen molar-refractivity contribution in [2.75, 3.05) is 0 Å². The molecule has 0 saturated carbocycles. The highest BCUT2D eigenvalue weighted by atomic mass is 16.5. The molecule has 5 nitrogen and oxygen atoms in total. The monoisotopic (exact) mass is 320 g/mol. The second-order valence-electron chi connectivity index (χ2n) is 5.33. The third kappa shape index (κ3) is 3.76. The number of carboxylic acid groups (broad SMARTS) is 1. The molecule has 1 heterocycles. The normalized spacial score (nSPS) is 10.4. The van der Waals surface area contributed by atoms with Gasteiger partial charge in [-0.05, 0) is 42.3 Å². The number of carboxylic acids is 1. The molecule has 0 atom stereocenters. The van der Waals surface area contributed by atoms with E-state index >= 15 is 0 Å². The third-order valence-electron chi connectivity index (χ3n) is 3.57. The first kappa shape index (κ1) is 15.7. The van der Waals surface area contributed by atoms with Crippen molar-refractivity contribution in [3.05, 3.63) is 77.9 Å². The molecule has 0 aliphatic heterocycles. The van der Waals surface area contributed by atoms with E-state index in [0.29, 0.717) is 6.61 Å². The van der Waals surface area contributed by atoms with Crippen molar-refractivity contribution in [1.29, 1.82) is 0 Å². The molecule has 120 valence electrons. The van der Waals surface area contributed by atoms with Crippen LogP contribution in [-0.4, -0.2) is 21.0 Å². The molecule has 0 aliphatic carbocycles. The van der Waals surface area contributed by atoms with Gasteiger partial charge in [0.1, 0.15) is 18.2 Å². The number of nitrogens with zero attached hydrogens (tertiary/aromatic N) is 2. The van der Waals surface area contributed by atoms with E-state index in [4.69, 9.17) is 9.84 Å². The van der Waals surface area contributed by atoms with Gasteiger partial charge in [0.25, 0.3) is 0 Å². The summed E-state index contributed by atoms with van der Waals surface area (Å²) in [7, 11) is 0. The predicted octanol–water partition coefficient (Wildman–Crippen LogP) is 3.73. The summed E-state index contributed by atoms with van der Waals surface area (Å²) >= 11 is 0. The first-order valence-electron chi connectivity index (χ1n) is 7.46. The van der Waals surface area contributed by atoms with Gasteiger partial charge in [0.05, 0.1) is 5.56 Å². The van der Waals surface area contributed by atoms with Crippen molar-refractivity contribution < 1.29 is 14.6 Å². The predicted molar refractivity (Wildman–Crippen MR) is 89.9 cm³/mol. The first-order chi connectivity index (χ1) is 11.6. The summed E-state index contributed by atoms with van der Waals surface area (Å²) in [5.41, 5.74) is 3.16. The van der Waals surface area contributed by atoms with Gasteiger partial charge in [0.15, 0.2) is 0 Å². The van der Waals surface area contributed by atoms with E-state index in [1.165, 1.54) is 0 Å². The number of hydrogen-bond acceptors (Lipinski definition) is 4. The Bertz CT molecular complexity index is 826.